The highest BCUT2D eigenvalue weighted by Gasteiger charge is 2.29. The van der Waals surface area contributed by atoms with Gasteiger partial charge in [0.05, 0.1) is 18.3 Å². The Balaban J connectivity index is 1.38. The van der Waals surface area contributed by atoms with Crippen molar-refractivity contribution in [3.05, 3.63) is 45.8 Å². The van der Waals surface area contributed by atoms with E-state index in [1.54, 1.807) is 4.68 Å². The maximum absolute atomic E-state index is 12.6. The van der Waals surface area contributed by atoms with E-state index >= 15 is 0 Å². The lowest BCUT2D eigenvalue weighted by Crippen LogP contribution is -2.38. The highest BCUT2D eigenvalue weighted by molar-refractivity contribution is 5.40. The van der Waals surface area contributed by atoms with Gasteiger partial charge in [-0.1, -0.05) is 6.42 Å². The first-order chi connectivity index (χ1) is 13.3. The quantitative estimate of drug-likeness (QED) is 0.834. The van der Waals surface area contributed by atoms with E-state index in [2.05, 4.69) is 9.88 Å². The number of nitrogens with zero attached hydrogens (tertiary/aromatic N) is 5. The van der Waals surface area contributed by atoms with Crippen molar-refractivity contribution in [2.75, 3.05) is 11.4 Å². The van der Waals surface area contributed by atoms with E-state index in [1.165, 1.54) is 32.1 Å². The van der Waals surface area contributed by atoms with E-state index in [1.807, 2.05) is 18.3 Å². The van der Waals surface area contributed by atoms with Crippen molar-refractivity contribution in [2.45, 2.75) is 76.3 Å². The molecule has 2 fully saturated rings. The fourth-order valence-corrected chi connectivity index (χ4v) is 4.65. The first kappa shape index (κ1) is 16.9. The summed E-state index contributed by atoms with van der Waals surface area (Å²) < 4.78 is 1.70. The van der Waals surface area contributed by atoms with Crippen LogP contribution >= 0.6 is 0 Å². The predicted molar refractivity (Wildman–Crippen MR) is 104 cm³/mol. The summed E-state index contributed by atoms with van der Waals surface area (Å²) in [6.07, 6.45) is 12.2. The molecule has 1 aliphatic heterocycles. The molecular formula is C21H27N5O. The Hall–Kier alpha value is -2.24. The van der Waals surface area contributed by atoms with Crippen LogP contribution in [0.4, 0.5) is 5.82 Å². The monoisotopic (exact) mass is 365 g/mol. The zero-order valence-corrected chi connectivity index (χ0v) is 15.8. The van der Waals surface area contributed by atoms with Crippen LogP contribution in [0.2, 0.25) is 0 Å². The summed E-state index contributed by atoms with van der Waals surface area (Å²) in [5.41, 5.74) is 2.33. The first-order valence-electron chi connectivity index (χ1n) is 10.5. The summed E-state index contributed by atoms with van der Waals surface area (Å²) in [5.74, 6) is 2.55. The number of hydrogen-bond acceptors (Lipinski definition) is 5. The SMILES string of the molecule is O=c1cc2c(nn1CC1CCCN1c1ccnc(C3CCC3)n1)CCCC2. The van der Waals surface area contributed by atoms with Crippen LogP contribution in [0.15, 0.2) is 23.1 Å². The lowest BCUT2D eigenvalue weighted by atomic mass is 9.85. The van der Waals surface area contributed by atoms with Crippen LogP contribution in [0.25, 0.3) is 0 Å². The number of anilines is 1. The molecule has 3 heterocycles. The normalized spacial score (nSPS) is 22.5. The second kappa shape index (κ2) is 7.06. The van der Waals surface area contributed by atoms with Crippen LogP contribution in [0.3, 0.4) is 0 Å². The average molecular weight is 365 g/mol. The molecule has 2 aromatic rings. The Morgan fingerprint density at radius 3 is 2.81 bits per heavy atom. The molecule has 2 aliphatic carbocycles. The van der Waals surface area contributed by atoms with Crippen molar-refractivity contribution in [2.24, 2.45) is 0 Å². The van der Waals surface area contributed by atoms with Gasteiger partial charge in [-0.2, -0.15) is 5.10 Å². The second-order valence-electron chi connectivity index (χ2n) is 8.23. The molecule has 27 heavy (non-hydrogen) atoms. The van der Waals surface area contributed by atoms with Crippen molar-refractivity contribution in [1.29, 1.82) is 0 Å². The van der Waals surface area contributed by atoms with Crippen LogP contribution in [0.5, 0.6) is 0 Å². The maximum Gasteiger partial charge on any atom is 0.267 e. The van der Waals surface area contributed by atoms with E-state index in [0.717, 1.165) is 55.1 Å². The van der Waals surface area contributed by atoms with Crippen LogP contribution < -0.4 is 10.5 Å². The summed E-state index contributed by atoms with van der Waals surface area (Å²) in [6, 6.07) is 4.12. The van der Waals surface area contributed by atoms with E-state index in [9.17, 15) is 4.79 Å². The standard InChI is InChI=1S/C21H27N5O/c27-20-13-16-5-1-2-9-18(16)24-26(20)14-17-8-4-12-25(17)19-10-11-22-21(23-19)15-6-3-7-15/h10-11,13,15,17H,1-9,12,14H2. The summed E-state index contributed by atoms with van der Waals surface area (Å²) in [4.78, 5) is 24.3. The van der Waals surface area contributed by atoms with Gasteiger partial charge in [-0.25, -0.2) is 14.6 Å². The third-order valence-electron chi connectivity index (χ3n) is 6.46. The van der Waals surface area contributed by atoms with Gasteiger partial charge in [0.2, 0.25) is 0 Å². The topological polar surface area (TPSA) is 63.9 Å². The lowest BCUT2D eigenvalue weighted by molar-refractivity contribution is 0.400. The van der Waals surface area contributed by atoms with Crippen LogP contribution in [-0.2, 0) is 19.4 Å². The van der Waals surface area contributed by atoms with Crippen molar-refractivity contribution in [3.8, 4) is 0 Å². The van der Waals surface area contributed by atoms with Gasteiger partial charge < -0.3 is 4.90 Å². The molecule has 142 valence electrons. The molecule has 0 aromatic carbocycles. The summed E-state index contributed by atoms with van der Waals surface area (Å²) in [7, 11) is 0. The average Bonchev–Trinajstić information content (AvgIpc) is 3.09. The molecule has 5 rings (SSSR count). The van der Waals surface area contributed by atoms with Crippen molar-refractivity contribution in [1.82, 2.24) is 19.7 Å². The minimum absolute atomic E-state index is 0.0420. The third-order valence-corrected chi connectivity index (χ3v) is 6.46. The molecule has 0 N–H and O–H groups in total. The van der Waals surface area contributed by atoms with Gasteiger partial charge in [-0.05, 0) is 63.0 Å². The van der Waals surface area contributed by atoms with Gasteiger partial charge in [0, 0.05) is 24.7 Å². The second-order valence-corrected chi connectivity index (χ2v) is 8.23. The number of fused-ring (bicyclic) bond motifs is 1. The predicted octanol–water partition coefficient (Wildman–Crippen LogP) is 2.85. The van der Waals surface area contributed by atoms with E-state index < -0.39 is 0 Å². The molecule has 0 bridgehead atoms. The zero-order valence-electron chi connectivity index (χ0n) is 15.8. The minimum atomic E-state index is 0.0420. The molecule has 6 heteroatoms. The van der Waals surface area contributed by atoms with E-state index in [0.29, 0.717) is 12.5 Å². The molecule has 1 saturated carbocycles. The summed E-state index contributed by atoms with van der Waals surface area (Å²) in [6.45, 7) is 1.64. The maximum atomic E-state index is 12.6. The Kier molecular flexibility index (Phi) is 4.42. The van der Waals surface area contributed by atoms with Gasteiger partial charge >= 0.3 is 0 Å². The molecule has 1 atom stereocenters. The van der Waals surface area contributed by atoms with Crippen LogP contribution in [0.1, 0.15) is 67.9 Å². The molecule has 2 aromatic heterocycles. The van der Waals surface area contributed by atoms with Crippen molar-refractivity contribution < 1.29 is 0 Å². The summed E-state index contributed by atoms with van der Waals surface area (Å²) >= 11 is 0. The van der Waals surface area contributed by atoms with Gasteiger partial charge in [-0.15, -0.1) is 0 Å². The van der Waals surface area contributed by atoms with Gasteiger partial charge in [0.1, 0.15) is 11.6 Å². The van der Waals surface area contributed by atoms with Crippen molar-refractivity contribution >= 4 is 5.82 Å². The van der Waals surface area contributed by atoms with Gasteiger partial charge in [0.15, 0.2) is 0 Å². The Morgan fingerprint density at radius 1 is 1.07 bits per heavy atom. The minimum Gasteiger partial charge on any atom is -0.352 e. The molecule has 3 aliphatic rings. The molecule has 0 amide bonds. The van der Waals surface area contributed by atoms with E-state index in [-0.39, 0.29) is 11.6 Å². The Bertz CT molecular complexity index is 888. The smallest absolute Gasteiger partial charge is 0.267 e. The summed E-state index contributed by atoms with van der Waals surface area (Å²) in [5, 5.41) is 4.72. The molecule has 0 radical (unpaired) electrons. The number of aromatic nitrogens is 4. The fraction of sp³-hybridized carbons (Fsp3) is 0.619. The fourth-order valence-electron chi connectivity index (χ4n) is 4.65. The highest BCUT2D eigenvalue weighted by atomic mass is 16.1. The van der Waals surface area contributed by atoms with Gasteiger partial charge in [-0.3, -0.25) is 4.79 Å². The van der Waals surface area contributed by atoms with E-state index in [4.69, 9.17) is 10.1 Å². The van der Waals surface area contributed by atoms with Gasteiger partial charge in [0.25, 0.3) is 5.56 Å². The lowest BCUT2D eigenvalue weighted by Gasteiger charge is -2.28. The molecule has 6 nitrogen and oxygen atoms in total. The van der Waals surface area contributed by atoms with Crippen molar-refractivity contribution in [3.63, 3.8) is 0 Å². The molecule has 0 spiro atoms. The highest BCUT2D eigenvalue weighted by Crippen LogP contribution is 2.35. The van der Waals surface area contributed by atoms with Crippen LogP contribution in [-0.4, -0.2) is 32.3 Å². The zero-order chi connectivity index (χ0) is 18.2. The largest absolute Gasteiger partial charge is 0.352 e. The Morgan fingerprint density at radius 2 is 1.96 bits per heavy atom. The Labute approximate surface area is 159 Å². The molecule has 1 unspecified atom stereocenters. The third kappa shape index (κ3) is 3.26. The molecule has 1 saturated heterocycles. The number of rotatable bonds is 4. The number of hydrogen-bond donors (Lipinski definition) is 0. The first-order valence-corrected chi connectivity index (χ1v) is 10.5. The molecular weight excluding hydrogens is 338 g/mol. The number of aryl methyl sites for hydroxylation is 2. The van der Waals surface area contributed by atoms with Crippen LogP contribution in [0, 0.1) is 0 Å².